The van der Waals surface area contributed by atoms with Gasteiger partial charge in [-0.25, -0.2) is 4.79 Å². The topological polar surface area (TPSA) is 118 Å². The fourth-order valence-electron chi connectivity index (χ4n) is 4.76. The summed E-state index contributed by atoms with van der Waals surface area (Å²) in [5.41, 5.74) is 1.11. The molecule has 5 heterocycles. The number of nitrogens with zero attached hydrogens (tertiary/aromatic N) is 4. The zero-order chi connectivity index (χ0) is 21.4. The monoisotopic (exact) mass is 444 g/mol. The van der Waals surface area contributed by atoms with Crippen molar-refractivity contribution in [3.8, 4) is 0 Å². The van der Waals surface area contributed by atoms with E-state index in [1.807, 2.05) is 10.6 Å². The maximum atomic E-state index is 13.0. The van der Waals surface area contributed by atoms with Crippen molar-refractivity contribution in [3.63, 3.8) is 0 Å². The van der Waals surface area contributed by atoms with Crippen molar-refractivity contribution in [2.45, 2.75) is 37.8 Å². The molecule has 10 nitrogen and oxygen atoms in total. The van der Waals surface area contributed by atoms with Gasteiger partial charge in [0.05, 0.1) is 6.10 Å². The molecule has 11 heteroatoms. The van der Waals surface area contributed by atoms with Gasteiger partial charge in [0, 0.05) is 62.0 Å². The number of fused-ring (bicyclic) bond motifs is 4. The Morgan fingerprint density at radius 3 is 3.00 bits per heavy atom. The highest BCUT2D eigenvalue weighted by Crippen LogP contribution is 2.35. The van der Waals surface area contributed by atoms with Crippen molar-refractivity contribution >= 4 is 28.5 Å². The zero-order valence-electron chi connectivity index (χ0n) is 17.0. The molecule has 2 N–H and O–H groups in total. The Morgan fingerprint density at radius 2 is 2.16 bits per heavy atom. The number of rotatable bonds is 4. The van der Waals surface area contributed by atoms with Gasteiger partial charge in [-0.3, -0.25) is 14.9 Å². The fourth-order valence-corrected chi connectivity index (χ4v) is 5.31. The van der Waals surface area contributed by atoms with Gasteiger partial charge in [-0.15, -0.1) is 5.10 Å². The van der Waals surface area contributed by atoms with Crippen LogP contribution in [0.25, 0.3) is 0 Å². The van der Waals surface area contributed by atoms with Crippen LogP contribution < -0.4 is 16.2 Å². The average molecular weight is 445 g/mol. The van der Waals surface area contributed by atoms with E-state index < -0.39 is 0 Å². The normalized spacial score (nSPS) is 24.5. The highest BCUT2D eigenvalue weighted by molar-refractivity contribution is 7.10. The first kappa shape index (κ1) is 20.1. The number of urea groups is 1. The molecule has 3 aliphatic heterocycles. The van der Waals surface area contributed by atoms with Crippen molar-refractivity contribution in [1.29, 1.82) is 0 Å². The number of anilines is 1. The minimum Gasteiger partial charge on any atom is -0.376 e. The molecule has 2 saturated heterocycles. The number of likely N-dealkylation sites (tertiary alicyclic amines) is 1. The Bertz CT molecular complexity index is 1050. The van der Waals surface area contributed by atoms with Gasteiger partial charge in [-0.2, -0.15) is 0 Å². The van der Waals surface area contributed by atoms with Gasteiger partial charge in [0.25, 0.3) is 11.5 Å². The molecule has 3 atom stereocenters. The molecule has 0 aromatic carbocycles. The highest BCUT2D eigenvalue weighted by Gasteiger charge is 2.36. The second-order valence-corrected chi connectivity index (χ2v) is 9.08. The lowest BCUT2D eigenvalue weighted by Crippen LogP contribution is -2.50. The Kier molecular flexibility index (Phi) is 5.45. The highest BCUT2D eigenvalue weighted by atomic mass is 32.1. The van der Waals surface area contributed by atoms with E-state index >= 15 is 0 Å². The molecule has 31 heavy (non-hydrogen) atoms. The van der Waals surface area contributed by atoms with Crippen molar-refractivity contribution in [2.75, 3.05) is 31.6 Å². The number of nitrogens with one attached hydrogen (secondary N) is 2. The van der Waals surface area contributed by atoms with Gasteiger partial charge in [0.15, 0.2) is 10.7 Å². The molecule has 2 aromatic rings. The molecule has 0 radical (unpaired) electrons. The molecule has 2 bridgehead atoms. The minimum absolute atomic E-state index is 0.0134. The van der Waals surface area contributed by atoms with Gasteiger partial charge in [0.2, 0.25) is 0 Å². The molecular weight excluding hydrogens is 420 g/mol. The number of ether oxygens (including phenoxy) is 1. The van der Waals surface area contributed by atoms with Gasteiger partial charge < -0.3 is 19.5 Å². The van der Waals surface area contributed by atoms with E-state index in [1.165, 1.54) is 0 Å². The van der Waals surface area contributed by atoms with Crippen LogP contribution in [0.5, 0.6) is 0 Å². The fraction of sp³-hybridized carbons (Fsp3) is 0.550. The summed E-state index contributed by atoms with van der Waals surface area (Å²) in [6, 6.07) is 5.04. The predicted octanol–water partition coefficient (Wildman–Crippen LogP) is 1.26. The number of aromatic nitrogens is 3. The predicted molar refractivity (Wildman–Crippen MR) is 113 cm³/mol. The first-order valence-electron chi connectivity index (χ1n) is 10.6. The summed E-state index contributed by atoms with van der Waals surface area (Å²) >= 11 is 0.983. The van der Waals surface area contributed by atoms with Crippen LogP contribution in [0, 0.1) is 5.92 Å². The maximum absolute atomic E-state index is 13.0. The van der Waals surface area contributed by atoms with Gasteiger partial charge in [-0.1, -0.05) is 10.6 Å². The van der Waals surface area contributed by atoms with Crippen LogP contribution in [0.3, 0.4) is 0 Å². The lowest BCUT2D eigenvalue weighted by molar-refractivity contribution is 0.0854. The van der Waals surface area contributed by atoms with E-state index in [0.717, 1.165) is 43.1 Å². The molecule has 2 fully saturated rings. The van der Waals surface area contributed by atoms with Crippen LogP contribution in [-0.4, -0.2) is 63.3 Å². The first-order valence-corrected chi connectivity index (χ1v) is 11.3. The lowest BCUT2D eigenvalue weighted by Gasteiger charge is -2.42. The van der Waals surface area contributed by atoms with Crippen molar-refractivity contribution in [1.82, 2.24) is 24.4 Å². The molecule has 3 aliphatic rings. The molecule has 164 valence electrons. The van der Waals surface area contributed by atoms with Crippen LogP contribution in [0.1, 0.15) is 41.4 Å². The van der Waals surface area contributed by atoms with Crippen LogP contribution in [0.2, 0.25) is 0 Å². The number of amides is 3. The number of pyridine rings is 1. The van der Waals surface area contributed by atoms with Crippen molar-refractivity contribution < 1.29 is 14.3 Å². The third kappa shape index (κ3) is 4.07. The van der Waals surface area contributed by atoms with Gasteiger partial charge in [-0.05, 0) is 31.2 Å². The Balaban J connectivity index is 1.24. The van der Waals surface area contributed by atoms with Crippen LogP contribution in [0.15, 0.2) is 23.0 Å². The number of hydrogen-bond donors (Lipinski definition) is 2. The molecule has 0 unspecified atom stereocenters. The summed E-state index contributed by atoms with van der Waals surface area (Å²) in [6.45, 7) is 2.85. The summed E-state index contributed by atoms with van der Waals surface area (Å²) in [6.07, 6.45) is 2.91. The van der Waals surface area contributed by atoms with Gasteiger partial charge in [0.1, 0.15) is 0 Å². The van der Waals surface area contributed by atoms with Gasteiger partial charge >= 0.3 is 6.03 Å². The van der Waals surface area contributed by atoms with Crippen LogP contribution in [-0.2, 0) is 11.3 Å². The minimum atomic E-state index is -0.372. The second-order valence-electron chi connectivity index (χ2n) is 8.33. The number of piperidine rings is 1. The van der Waals surface area contributed by atoms with E-state index in [1.54, 1.807) is 17.0 Å². The summed E-state index contributed by atoms with van der Waals surface area (Å²) in [5, 5.41) is 9.86. The molecule has 0 spiro atoms. The summed E-state index contributed by atoms with van der Waals surface area (Å²) in [4.78, 5) is 39.4. The molecule has 2 aromatic heterocycles. The van der Waals surface area contributed by atoms with E-state index in [-0.39, 0.29) is 41.1 Å². The molecule has 0 saturated carbocycles. The largest absolute Gasteiger partial charge is 0.376 e. The third-order valence-electron chi connectivity index (χ3n) is 6.20. The summed E-state index contributed by atoms with van der Waals surface area (Å²) in [5.74, 6) is -0.0184. The quantitative estimate of drug-likeness (QED) is 0.733. The Hall–Kier alpha value is -2.79. The van der Waals surface area contributed by atoms with Crippen molar-refractivity contribution in [3.05, 3.63) is 39.9 Å². The summed E-state index contributed by atoms with van der Waals surface area (Å²) in [7, 11) is 0. The van der Waals surface area contributed by atoms with E-state index in [0.29, 0.717) is 31.2 Å². The third-order valence-corrected chi connectivity index (χ3v) is 6.85. The zero-order valence-corrected chi connectivity index (χ0v) is 17.8. The molecule has 0 aliphatic carbocycles. The van der Waals surface area contributed by atoms with E-state index in [4.69, 9.17) is 4.74 Å². The van der Waals surface area contributed by atoms with Crippen LogP contribution >= 0.6 is 11.5 Å². The second kappa shape index (κ2) is 8.39. The SMILES string of the molecule is O=C(NC[C@@H]1CCCO1)c1nnsc1NC(=O)N1C[C@@H]2C[C@H](C1)c1cccc(=O)n1C2. The number of carbonyl (C=O) groups is 2. The standard InChI is InChI=1S/C20H24N6O4S/c27-16-5-1-4-15-13-7-12(10-26(15)16)9-25(11-13)20(29)22-19-17(23-24-31-19)18(28)21-8-14-3-2-6-30-14/h1,4-5,12-14H,2-3,6-11H2,(H,21,28)(H,22,29)/t12-,13+,14-/m0/s1. The molecular formula is C20H24N6O4S. The molecule has 3 amide bonds. The first-order chi connectivity index (χ1) is 15.1. The van der Waals surface area contributed by atoms with E-state index in [9.17, 15) is 14.4 Å². The lowest BCUT2D eigenvalue weighted by atomic mass is 9.83. The van der Waals surface area contributed by atoms with E-state index in [2.05, 4.69) is 20.2 Å². The number of hydrogen-bond acceptors (Lipinski definition) is 7. The molecule has 5 rings (SSSR count). The Morgan fingerprint density at radius 1 is 1.26 bits per heavy atom. The Labute approximate surface area is 182 Å². The number of carbonyl (C=O) groups excluding carboxylic acids is 2. The summed E-state index contributed by atoms with van der Waals surface area (Å²) < 4.78 is 11.2. The van der Waals surface area contributed by atoms with Crippen molar-refractivity contribution in [2.24, 2.45) is 5.92 Å². The smallest absolute Gasteiger partial charge is 0.322 e. The maximum Gasteiger partial charge on any atom is 0.322 e. The van der Waals surface area contributed by atoms with Crippen LogP contribution in [0.4, 0.5) is 9.80 Å². The average Bonchev–Trinajstić information content (AvgIpc) is 3.45.